The molecule has 1 fully saturated rings. The molecule has 5 rings (SSSR count). The summed E-state index contributed by atoms with van der Waals surface area (Å²) < 4.78 is 0. The van der Waals surface area contributed by atoms with Gasteiger partial charge in [0.1, 0.15) is 0 Å². The van der Waals surface area contributed by atoms with Gasteiger partial charge in [0.15, 0.2) is 5.60 Å². The molecule has 0 spiro atoms. The van der Waals surface area contributed by atoms with Gasteiger partial charge in [-0.3, -0.25) is 4.79 Å². The number of hydrogen-bond donors (Lipinski definition) is 2. The van der Waals surface area contributed by atoms with Crippen LogP contribution in [0.1, 0.15) is 47.6 Å². The van der Waals surface area contributed by atoms with Gasteiger partial charge in [-0.15, -0.1) is 6.54 Å². The molecule has 3 N–H and O–H groups in total. The normalized spacial score (nSPS) is 15.3. The van der Waals surface area contributed by atoms with Gasteiger partial charge in [-0.2, -0.15) is 0 Å². The molecule has 6 heteroatoms. The van der Waals surface area contributed by atoms with Crippen LogP contribution in [0.25, 0.3) is 16.4 Å². The van der Waals surface area contributed by atoms with E-state index in [1.165, 1.54) is 5.56 Å². The first-order valence-electron chi connectivity index (χ1n) is 11.7. The van der Waals surface area contributed by atoms with Gasteiger partial charge in [0, 0.05) is 23.7 Å². The predicted molar refractivity (Wildman–Crippen MR) is 130 cm³/mol. The molecule has 0 aromatic heterocycles. The number of nitrogens with two attached hydrogens (primary N) is 1. The molecule has 2 aliphatic carbocycles. The summed E-state index contributed by atoms with van der Waals surface area (Å²) in [4.78, 5) is 15.7. The van der Waals surface area contributed by atoms with E-state index in [-0.39, 0.29) is 70.0 Å². The summed E-state index contributed by atoms with van der Waals surface area (Å²) in [6.07, 6.45) is 2.84. The van der Waals surface area contributed by atoms with Crippen molar-refractivity contribution in [3.8, 4) is 11.1 Å². The zero-order chi connectivity index (χ0) is 23.0. The van der Waals surface area contributed by atoms with E-state index in [0.717, 1.165) is 41.5 Å². The first kappa shape index (κ1) is 25.7. The number of fused-ring (bicyclic) bond motifs is 3. The minimum absolute atomic E-state index is 0. The Kier molecular flexibility index (Phi) is 8.12. The van der Waals surface area contributed by atoms with Crippen LogP contribution in [-0.4, -0.2) is 28.6 Å². The van der Waals surface area contributed by atoms with Crippen LogP contribution in [0.5, 0.6) is 0 Å². The molecular formula is C28H30KN3O2. The quantitative estimate of drug-likeness (QED) is 0.480. The van der Waals surface area contributed by atoms with E-state index >= 15 is 0 Å². The largest absolute Gasteiger partial charge is 1.00 e. The second-order valence-electron chi connectivity index (χ2n) is 8.99. The van der Waals surface area contributed by atoms with E-state index in [0.29, 0.717) is 24.2 Å². The van der Waals surface area contributed by atoms with Gasteiger partial charge in [0.2, 0.25) is 0 Å². The Morgan fingerprint density at radius 3 is 2.21 bits per heavy atom. The van der Waals surface area contributed by atoms with E-state index in [9.17, 15) is 9.90 Å². The van der Waals surface area contributed by atoms with Crippen LogP contribution >= 0.6 is 0 Å². The molecule has 3 aromatic rings. The molecule has 5 nitrogen and oxygen atoms in total. The molecule has 1 amide bonds. The first-order chi connectivity index (χ1) is 16.1. The molecule has 0 radical (unpaired) electrons. The van der Waals surface area contributed by atoms with E-state index in [1.54, 1.807) is 4.90 Å². The Bertz CT molecular complexity index is 1150. The van der Waals surface area contributed by atoms with Crippen LogP contribution in [0, 0.1) is 0 Å². The topological polar surface area (TPSA) is 80.7 Å². The van der Waals surface area contributed by atoms with Crippen molar-refractivity contribution in [2.45, 2.75) is 50.9 Å². The fourth-order valence-electron chi connectivity index (χ4n) is 4.91. The van der Waals surface area contributed by atoms with Gasteiger partial charge < -0.3 is 21.1 Å². The second-order valence-corrected chi connectivity index (χ2v) is 8.99. The summed E-state index contributed by atoms with van der Waals surface area (Å²) in [5.41, 5.74) is 10.8. The Morgan fingerprint density at radius 2 is 1.65 bits per heavy atom. The molecule has 0 aliphatic heterocycles. The maximum absolute atomic E-state index is 13.9. The van der Waals surface area contributed by atoms with Crippen molar-refractivity contribution in [1.29, 1.82) is 0 Å². The van der Waals surface area contributed by atoms with Crippen molar-refractivity contribution in [2.24, 2.45) is 5.73 Å². The Labute approximate surface area is 244 Å². The molecule has 170 valence electrons. The number of aryl methyl sites for hydroxylation is 1. The summed E-state index contributed by atoms with van der Waals surface area (Å²) in [5, 5.41) is 16.7. The molecule has 0 saturated heterocycles. The second kappa shape index (κ2) is 10.7. The summed E-state index contributed by atoms with van der Waals surface area (Å²) in [6.45, 7) is 3.36. The van der Waals surface area contributed by atoms with E-state index in [2.05, 4.69) is 25.1 Å². The summed E-state index contributed by atoms with van der Waals surface area (Å²) in [7, 11) is 0. The molecule has 0 unspecified atom stereocenters. The number of aliphatic hydroxyl groups is 1. The van der Waals surface area contributed by atoms with Crippen LogP contribution in [0.4, 0.5) is 0 Å². The van der Waals surface area contributed by atoms with Gasteiger partial charge in [-0.25, -0.2) is 0 Å². The molecule has 2 aliphatic rings. The number of carbonyl (C=O) groups is 1. The average Bonchev–Trinajstić information content (AvgIpc) is 3.67. The molecule has 34 heavy (non-hydrogen) atoms. The summed E-state index contributed by atoms with van der Waals surface area (Å²) in [6, 6.07) is 21.8. The monoisotopic (exact) mass is 479 g/mol. The maximum Gasteiger partial charge on any atom is 1.00 e. The van der Waals surface area contributed by atoms with Crippen molar-refractivity contribution in [2.75, 3.05) is 6.67 Å². The fourth-order valence-corrected chi connectivity index (χ4v) is 4.91. The standard InChI is InChI=1S/C28H30N3O2.K/c1-2-19-11-12-20(16-29)21(15-19)17-30-18-31(22-13-14-22)27(32)28(33)25-9-5-3-7-23(25)24-8-4-6-10-26(24)28;/h3-12,15,22,33H,2,13-14,16-18,29H2,1H3;/q-1;+1. The Hall–Kier alpha value is -1.35. The SMILES string of the molecule is CCc1ccc(CN)c(C[N-]CN(C(=O)C2(O)c3ccccc3-c3ccccc32)C2CC2)c1.[K+]. The smallest absolute Gasteiger partial charge is 0.641 e. The van der Waals surface area contributed by atoms with E-state index in [1.807, 2.05) is 48.5 Å². The van der Waals surface area contributed by atoms with Gasteiger partial charge in [-0.05, 0) is 41.5 Å². The van der Waals surface area contributed by atoms with Crippen molar-refractivity contribution in [3.63, 3.8) is 0 Å². The average molecular weight is 480 g/mol. The Balaban J connectivity index is 0.00000274. The van der Waals surface area contributed by atoms with E-state index < -0.39 is 5.60 Å². The number of benzene rings is 3. The number of amides is 1. The zero-order valence-electron chi connectivity index (χ0n) is 20.0. The van der Waals surface area contributed by atoms with Crippen molar-refractivity contribution in [1.82, 2.24) is 4.90 Å². The van der Waals surface area contributed by atoms with Gasteiger partial charge in [-0.1, -0.05) is 85.9 Å². The third kappa shape index (κ3) is 4.58. The number of hydrogen-bond acceptors (Lipinski definition) is 3. The minimum Gasteiger partial charge on any atom is -0.641 e. The number of carbonyl (C=O) groups excluding carboxylic acids is 1. The van der Waals surface area contributed by atoms with Gasteiger partial charge in [0.25, 0.3) is 5.91 Å². The van der Waals surface area contributed by atoms with Gasteiger partial charge >= 0.3 is 51.4 Å². The van der Waals surface area contributed by atoms with Crippen LogP contribution in [0.2, 0.25) is 0 Å². The summed E-state index contributed by atoms with van der Waals surface area (Å²) in [5.74, 6) is -0.285. The van der Waals surface area contributed by atoms with Crippen LogP contribution in [0.15, 0.2) is 66.7 Å². The third-order valence-corrected chi connectivity index (χ3v) is 6.92. The predicted octanol–water partition coefficient (Wildman–Crippen LogP) is 1.45. The molecule has 1 saturated carbocycles. The van der Waals surface area contributed by atoms with Crippen LogP contribution in [0.3, 0.4) is 0 Å². The van der Waals surface area contributed by atoms with Crippen molar-refractivity contribution in [3.05, 3.63) is 99.9 Å². The fraction of sp³-hybridized carbons (Fsp3) is 0.321. The van der Waals surface area contributed by atoms with Crippen molar-refractivity contribution >= 4 is 5.91 Å². The molecule has 3 aromatic carbocycles. The van der Waals surface area contributed by atoms with Gasteiger partial charge in [0.05, 0.1) is 0 Å². The first-order valence-corrected chi connectivity index (χ1v) is 11.7. The van der Waals surface area contributed by atoms with Crippen LogP contribution < -0.4 is 57.1 Å². The van der Waals surface area contributed by atoms with Crippen LogP contribution in [-0.2, 0) is 29.9 Å². The zero-order valence-corrected chi connectivity index (χ0v) is 23.1. The van der Waals surface area contributed by atoms with E-state index in [4.69, 9.17) is 11.1 Å². The minimum atomic E-state index is -1.68. The molecular weight excluding hydrogens is 449 g/mol. The maximum atomic E-state index is 13.9. The molecule has 0 atom stereocenters. The Morgan fingerprint density at radius 1 is 1.03 bits per heavy atom. The van der Waals surface area contributed by atoms with Crippen molar-refractivity contribution < 1.29 is 61.3 Å². The third-order valence-electron chi connectivity index (χ3n) is 6.92. The number of rotatable bonds is 8. The number of nitrogens with zero attached hydrogens (tertiary/aromatic N) is 2. The molecule has 0 bridgehead atoms. The molecule has 0 heterocycles. The summed E-state index contributed by atoms with van der Waals surface area (Å²) >= 11 is 0.